The van der Waals surface area contributed by atoms with Gasteiger partial charge in [-0.3, -0.25) is 0 Å². The van der Waals surface area contributed by atoms with E-state index in [4.69, 9.17) is 10.5 Å². The minimum Gasteiger partial charge on any atom is -0.483 e. The molecular formula is C11H10BrN3O. The van der Waals surface area contributed by atoms with Crippen molar-refractivity contribution in [3.63, 3.8) is 0 Å². The highest BCUT2D eigenvalue weighted by molar-refractivity contribution is 9.10. The number of benzene rings is 1. The van der Waals surface area contributed by atoms with Crippen LogP contribution in [-0.2, 0) is 6.61 Å². The number of rotatable bonds is 3. The van der Waals surface area contributed by atoms with Crippen LogP contribution in [0.1, 0.15) is 5.82 Å². The minimum absolute atomic E-state index is 0.312. The van der Waals surface area contributed by atoms with Gasteiger partial charge in [0.15, 0.2) is 5.82 Å². The molecule has 82 valence electrons. The highest BCUT2D eigenvalue weighted by atomic mass is 79.9. The van der Waals surface area contributed by atoms with E-state index in [1.165, 1.54) is 0 Å². The smallest absolute Gasteiger partial charge is 0.166 e. The fraction of sp³-hybridized carbons (Fsp3) is 0.0909. The first-order chi connectivity index (χ1) is 7.75. The fourth-order valence-electron chi connectivity index (χ4n) is 1.20. The molecule has 5 heteroatoms. The van der Waals surface area contributed by atoms with Crippen molar-refractivity contribution in [2.45, 2.75) is 6.61 Å². The lowest BCUT2D eigenvalue weighted by molar-refractivity contribution is 0.297. The van der Waals surface area contributed by atoms with E-state index >= 15 is 0 Å². The first kappa shape index (κ1) is 10.9. The number of nitrogen functional groups attached to an aromatic ring is 1. The number of nitrogens with two attached hydrogens (primary N) is 1. The molecule has 1 heterocycles. The highest BCUT2D eigenvalue weighted by Gasteiger charge is 2.02. The summed E-state index contributed by atoms with van der Waals surface area (Å²) in [6.07, 6.45) is 3.35. The van der Waals surface area contributed by atoms with Crippen LogP contribution in [0.5, 0.6) is 5.75 Å². The zero-order chi connectivity index (χ0) is 11.4. The van der Waals surface area contributed by atoms with Gasteiger partial charge in [-0.05, 0) is 24.3 Å². The molecule has 0 radical (unpaired) electrons. The maximum absolute atomic E-state index is 5.79. The van der Waals surface area contributed by atoms with Crippen LogP contribution in [0.3, 0.4) is 0 Å². The number of anilines is 1. The van der Waals surface area contributed by atoms with Gasteiger partial charge in [0.05, 0.1) is 5.69 Å². The minimum atomic E-state index is 0.312. The van der Waals surface area contributed by atoms with Crippen molar-refractivity contribution in [3.05, 3.63) is 47.0 Å². The van der Waals surface area contributed by atoms with Crippen LogP contribution < -0.4 is 10.5 Å². The zero-order valence-electron chi connectivity index (χ0n) is 8.43. The van der Waals surface area contributed by atoms with Gasteiger partial charge >= 0.3 is 0 Å². The van der Waals surface area contributed by atoms with Crippen LogP contribution in [0.25, 0.3) is 0 Å². The zero-order valence-corrected chi connectivity index (χ0v) is 10.0. The molecule has 0 atom stereocenters. The van der Waals surface area contributed by atoms with Gasteiger partial charge in [-0.25, -0.2) is 9.97 Å². The topological polar surface area (TPSA) is 61.0 Å². The molecule has 0 saturated carbocycles. The Hall–Kier alpha value is -1.62. The standard InChI is InChI=1S/C11H10BrN3O/c12-8-2-3-10(9(13)6-8)16-7-11-14-4-1-5-15-11/h1-6H,7,13H2. The van der Waals surface area contributed by atoms with E-state index < -0.39 is 0 Å². The number of hydrogen-bond donors (Lipinski definition) is 1. The van der Waals surface area contributed by atoms with Crippen LogP contribution in [0.2, 0.25) is 0 Å². The van der Waals surface area contributed by atoms with Crippen molar-refractivity contribution in [2.24, 2.45) is 0 Å². The third-order valence-electron chi connectivity index (χ3n) is 1.95. The molecule has 0 fully saturated rings. The normalized spacial score (nSPS) is 10.1. The van der Waals surface area contributed by atoms with E-state index in [2.05, 4.69) is 25.9 Å². The van der Waals surface area contributed by atoms with Crippen molar-refractivity contribution >= 4 is 21.6 Å². The van der Waals surface area contributed by atoms with Crippen LogP contribution in [-0.4, -0.2) is 9.97 Å². The van der Waals surface area contributed by atoms with E-state index in [1.54, 1.807) is 24.5 Å². The third-order valence-corrected chi connectivity index (χ3v) is 2.44. The number of ether oxygens (including phenoxy) is 1. The Morgan fingerprint density at radius 1 is 1.25 bits per heavy atom. The van der Waals surface area contributed by atoms with Crippen LogP contribution >= 0.6 is 15.9 Å². The molecule has 0 amide bonds. The summed E-state index contributed by atoms with van der Waals surface area (Å²) in [6, 6.07) is 7.23. The van der Waals surface area contributed by atoms with Crippen molar-refractivity contribution in [1.29, 1.82) is 0 Å². The van der Waals surface area contributed by atoms with Gasteiger partial charge < -0.3 is 10.5 Å². The van der Waals surface area contributed by atoms with E-state index in [0.717, 1.165) is 4.47 Å². The number of halogens is 1. The van der Waals surface area contributed by atoms with E-state index in [9.17, 15) is 0 Å². The Kier molecular flexibility index (Phi) is 3.36. The average Bonchev–Trinajstić information content (AvgIpc) is 2.29. The molecule has 0 saturated heterocycles. The summed E-state index contributed by atoms with van der Waals surface area (Å²) in [4.78, 5) is 8.11. The van der Waals surface area contributed by atoms with Crippen LogP contribution in [0, 0.1) is 0 Å². The van der Waals surface area contributed by atoms with E-state index in [0.29, 0.717) is 23.9 Å². The van der Waals surface area contributed by atoms with Crippen molar-refractivity contribution in [3.8, 4) is 5.75 Å². The van der Waals surface area contributed by atoms with Crippen molar-refractivity contribution < 1.29 is 4.74 Å². The lowest BCUT2D eigenvalue weighted by Crippen LogP contribution is -2.02. The van der Waals surface area contributed by atoms with Gasteiger partial charge in [0, 0.05) is 16.9 Å². The third kappa shape index (κ3) is 2.70. The second kappa shape index (κ2) is 4.94. The molecule has 1 aromatic heterocycles. The predicted octanol–water partition coefficient (Wildman–Crippen LogP) is 2.40. The van der Waals surface area contributed by atoms with Crippen molar-refractivity contribution in [1.82, 2.24) is 9.97 Å². The lowest BCUT2D eigenvalue weighted by Gasteiger charge is -2.07. The molecule has 0 unspecified atom stereocenters. The first-order valence-electron chi connectivity index (χ1n) is 4.69. The fourth-order valence-corrected chi connectivity index (χ4v) is 1.58. The summed E-state index contributed by atoms with van der Waals surface area (Å²) in [6.45, 7) is 0.312. The van der Waals surface area contributed by atoms with E-state index in [-0.39, 0.29) is 0 Å². The van der Waals surface area contributed by atoms with E-state index in [1.807, 2.05) is 12.1 Å². The van der Waals surface area contributed by atoms with Gasteiger partial charge in [-0.2, -0.15) is 0 Å². The summed E-state index contributed by atoms with van der Waals surface area (Å²) in [5.41, 5.74) is 6.38. The molecule has 0 aliphatic rings. The Morgan fingerprint density at radius 3 is 2.69 bits per heavy atom. The molecule has 0 aliphatic heterocycles. The van der Waals surface area contributed by atoms with Gasteiger partial charge in [0.2, 0.25) is 0 Å². The number of hydrogen-bond acceptors (Lipinski definition) is 4. The SMILES string of the molecule is Nc1cc(Br)ccc1OCc1ncccn1. The summed E-state index contributed by atoms with van der Waals surface area (Å²) < 4.78 is 6.43. The molecule has 1 aromatic carbocycles. The Labute approximate surface area is 102 Å². The maximum atomic E-state index is 5.79. The molecule has 0 bridgehead atoms. The molecule has 2 N–H and O–H groups in total. The largest absolute Gasteiger partial charge is 0.483 e. The molecule has 0 spiro atoms. The molecule has 2 rings (SSSR count). The second-order valence-electron chi connectivity index (χ2n) is 3.14. The monoisotopic (exact) mass is 279 g/mol. The van der Waals surface area contributed by atoms with Crippen LogP contribution in [0.15, 0.2) is 41.1 Å². The summed E-state index contributed by atoms with van der Waals surface area (Å²) in [5, 5.41) is 0. The predicted molar refractivity (Wildman–Crippen MR) is 64.9 cm³/mol. The van der Waals surface area contributed by atoms with Gasteiger partial charge in [0.25, 0.3) is 0 Å². The van der Waals surface area contributed by atoms with Gasteiger partial charge in [0.1, 0.15) is 12.4 Å². The first-order valence-corrected chi connectivity index (χ1v) is 5.49. The molecular weight excluding hydrogens is 270 g/mol. The Balaban J connectivity index is 2.05. The second-order valence-corrected chi connectivity index (χ2v) is 4.05. The van der Waals surface area contributed by atoms with Crippen molar-refractivity contribution in [2.75, 3.05) is 5.73 Å². The van der Waals surface area contributed by atoms with Gasteiger partial charge in [-0.15, -0.1) is 0 Å². The summed E-state index contributed by atoms with van der Waals surface area (Å²) >= 11 is 3.33. The summed E-state index contributed by atoms with van der Waals surface area (Å²) in [5.74, 6) is 1.26. The molecule has 16 heavy (non-hydrogen) atoms. The van der Waals surface area contributed by atoms with Crippen LogP contribution in [0.4, 0.5) is 5.69 Å². The summed E-state index contributed by atoms with van der Waals surface area (Å²) in [7, 11) is 0. The lowest BCUT2D eigenvalue weighted by atomic mass is 10.3. The Bertz CT molecular complexity index is 476. The number of nitrogens with zero attached hydrogens (tertiary/aromatic N) is 2. The quantitative estimate of drug-likeness (QED) is 0.877. The molecule has 0 aliphatic carbocycles. The number of aromatic nitrogens is 2. The molecule has 4 nitrogen and oxygen atoms in total. The maximum Gasteiger partial charge on any atom is 0.166 e. The Morgan fingerprint density at radius 2 is 2.00 bits per heavy atom. The average molecular weight is 280 g/mol. The molecule has 2 aromatic rings. The highest BCUT2D eigenvalue weighted by Crippen LogP contribution is 2.25. The van der Waals surface area contributed by atoms with Gasteiger partial charge in [-0.1, -0.05) is 15.9 Å².